The summed E-state index contributed by atoms with van der Waals surface area (Å²) in [6.45, 7) is 8.31. The van der Waals surface area contributed by atoms with Gasteiger partial charge in [0, 0.05) is 18.7 Å². The second kappa shape index (κ2) is 7.84. The van der Waals surface area contributed by atoms with E-state index in [0.717, 1.165) is 33.9 Å². The molecular weight excluding hydrogens is 406 g/mol. The first-order chi connectivity index (χ1) is 14.9. The van der Waals surface area contributed by atoms with Crippen LogP contribution < -0.4 is 4.90 Å². The smallest absolute Gasteiger partial charge is 0.251 e. The molecule has 0 aliphatic carbocycles. The minimum atomic E-state index is -0.329. The number of aryl methyl sites for hydroxylation is 1. The van der Waals surface area contributed by atoms with E-state index in [1.807, 2.05) is 30.3 Å². The summed E-state index contributed by atoms with van der Waals surface area (Å²) in [5.74, 6) is 0.911. The zero-order valence-corrected chi connectivity index (χ0v) is 19.0. The molecule has 3 atom stereocenters. The van der Waals surface area contributed by atoms with Crippen molar-refractivity contribution in [1.82, 2.24) is 9.88 Å². The molecule has 31 heavy (non-hydrogen) atoms. The number of aromatic nitrogens is 1. The normalized spacial score (nSPS) is 25.0. The highest BCUT2D eigenvalue weighted by atomic mass is 32.1. The maximum atomic E-state index is 13.2. The Kier molecular flexibility index (Phi) is 5.15. The Balaban J connectivity index is 1.37. The standard InChI is InChI=1S/C25H27N3O2S/c1-15-4-9-20-22(11-15)31-24(26-20)18-5-7-19(8-6-18)28-23(29)12-21(25(28)30)27-13-16(2)10-17(3)14-27/h4-9,11,16-17,21H,10,12-14H2,1-3H3. The van der Waals surface area contributed by atoms with Crippen LogP contribution >= 0.6 is 11.3 Å². The quantitative estimate of drug-likeness (QED) is 0.553. The summed E-state index contributed by atoms with van der Waals surface area (Å²) in [6, 6.07) is 13.6. The number of hydrogen-bond donors (Lipinski definition) is 0. The predicted molar refractivity (Wildman–Crippen MR) is 125 cm³/mol. The Bertz CT molecular complexity index is 1140. The zero-order valence-electron chi connectivity index (χ0n) is 18.2. The molecule has 6 heteroatoms. The van der Waals surface area contributed by atoms with Crippen LogP contribution in [0.25, 0.3) is 20.8 Å². The molecule has 5 nitrogen and oxygen atoms in total. The fraction of sp³-hybridized carbons (Fsp3) is 0.400. The number of nitrogens with zero attached hydrogens (tertiary/aromatic N) is 3. The molecule has 3 unspecified atom stereocenters. The summed E-state index contributed by atoms with van der Waals surface area (Å²) in [5.41, 5.74) is 3.86. The van der Waals surface area contributed by atoms with Gasteiger partial charge in [-0.2, -0.15) is 0 Å². The Morgan fingerprint density at radius 3 is 2.42 bits per heavy atom. The van der Waals surface area contributed by atoms with Gasteiger partial charge < -0.3 is 0 Å². The van der Waals surface area contributed by atoms with Crippen molar-refractivity contribution in [3.8, 4) is 10.6 Å². The van der Waals surface area contributed by atoms with Crippen molar-refractivity contribution < 1.29 is 9.59 Å². The van der Waals surface area contributed by atoms with Gasteiger partial charge >= 0.3 is 0 Å². The van der Waals surface area contributed by atoms with Gasteiger partial charge in [0.1, 0.15) is 5.01 Å². The van der Waals surface area contributed by atoms with Crippen LogP contribution in [0.15, 0.2) is 42.5 Å². The number of carbonyl (C=O) groups is 2. The third kappa shape index (κ3) is 3.79. The number of imide groups is 1. The molecule has 0 bridgehead atoms. The molecule has 2 aromatic carbocycles. The fourth-order valence-electron chi connectivity index (χ4n) is 5.05. The second-order valence-electron chi connectivity index (χ2n) is 9.22. The summed E-state index contributed by atoms with van der Waals surface area (Å²) >= 11 is 1.66. The first kappa shape index (κ1) is 20.3. The summed E-state index contributed by atoms with van der Waals surface area (Å²) in [6.07, 6.45) is 1.46. The monoisotopic (exact) mass is 433 g/mol. The Labute approximate surface area is 186 Å². The van der Waals surface area contributed by atoms with Crippen LogP contribution in [0.5, 0.6) is 0 Å². The van der Waals surface area contributed by atoms with Gasteiger partial charge in [0.05, 0.1) is 28.4 Å². The lowest BCUT2D eigenvalue weighted by Crippen LogP contribution is -2.48. The van der Waals surface area contributed by atoms with E-state index in [2.05, 4.69) is 37.8 Å². The van der Waals surface area contributed by atoms with Crippen LogP contribution in [0.1, 0.15) is 32.3 Å². The Morgan fingerprint density at radius 2 is 1.71 bits per heavy atom. The molecule has 0 saturated carbocycles. The number of hydrogen-bond acceptors (Lipinski definition) is 5. The molecule has 2 aliphatic heterocycles. The van der Waals surface area contributed by atoms with E-state index < -0.39 is 0 Å². The molecule has 2 amide bonds. The van der Waals surface area contributed by atoms with Crippen LogP contribution in [0.2, 0.25) is 0 Å². The molecule has 2 fully saturated rings. The van der Waals surface area contributed by atoms with Crippen molar-refractivity contribution in [2.75, 3.05) is 18.0 Å². The van der Waals surface area contributed by atoms with E-state index in [9.17, 15) is 9.59 Å². The predicted octanol–water partition coefficient (Wildman–Crippen LogP) is 4.88. The summed E-state index contributed by atoms with van der Waals surface area (Å²) < 4.78 is 1.16. The molecule has 0 radical (unpaired) electrons. The average molecular weight is 434 g/mol. The summed E-state index contributed by atoms with van der Waals surface area (Å²) in [4.78, 5) is 34.3. The van der Waals surface area contributed by atoms with Gasteiger partial charge in [-0.1, -0.05) is 19.9 Å². The van der Waals surface area contributed by atoms with Gasteiger partial charge in [-0.25, -0.2) is 9.88 Å². The van der Waals surface area contributed by atoms with Crippen LogP contribution in [0.3, 0.4) is 0 Å². The average Bonchev–Trinajstić information content (AvgIpc) is 3.27. The number of anilines is 1. The minimum Gasteiger partial charge on any atom is -0.291 e. The lowest BCUT2D eigenvalue weighted by molar-refractivity contribution is -0.123. The molecule has 3 aromatic rings. The SMILES string of the molecule is Cc1ccc2nc(-c3ccc(N4C(=O)CC(N5CC(C)CC(C)C5)C4=O)cc3)sc2c1. The molecule has 2 saturated heterocycles. The number of amides is 2. The lowest BCUT2D eigenvalue weighted by Gasteiger charge is -2.37. The van der Waals surface area contributed by atoms with Crippen molar-refractivity contribution in [2.45, 2.75) is 39.7 Å². The first-order valence-electron chi connectivity index (χ1n) is 11.0. The van der Waals surface area contributed by atoms with E-state index in [4.69, 9.17) is 4.98 Å². The Morgan fingerprint density at radius 1 is 1.00 bits per heavy atom. The van der Waals surface area contributed by atoms with Crippen LogP contribution in [0, 0.1) is 18.8 Å². The molecule has 2 aliphatic rings. The van der Waals surface area contributed by atoms with Gasteiger partial charge in [-0.3, -0.25) is 14.5 Å². The van der Waals surface area contributed by atoms with Crippen LogP contribution in [0.4, 0.5) is 5.69 Å². The largest absolute Gasteiger partial charge is 0.291 e. The second-order valence-corrected chi connectivity index (χ2v) is 10.3. The van der Waals surface area contributed by atoms with Crippen LogP contribution in [-0.2, 0) is 9.59 Å². The highest BCUT2D eigenvalue weighted by molar-refractivity contribution is 7.21. The van der Waals surface area contributed by atoms with Crippen molar-refractivity contribution in [2.24, 2.45) is 11.8 Å². The van der Waals surface area contributed by atoms with Crippen molar-refractivity contribution >= 4 is 39.1 Å². The van der Waals surface area contributed by atoms with Gasteiger partial charge in [-0.05, 0) is 67.1 Å². The summed E-state index contributed by atoms with van der Waals surface area (Å²) in [7, 11) is 0. The van der Waals surface area contributed by atoms with Crippen molar-refractivity contribution in [3.63, 3.8) is 0 Å². The molecule has 1 aromatic heterocycles. The van der Waals surface area contributed by atoms with E-state index >= 15 is 0 Å². The van der Waals surface area contributed by atoms with Crippen molar-refractivity contribution in [1.29, 1.82) is 0 Å². The van der Waals surface area contributed by atoms with Gasteiger partial charge in [0.25, 0.3) is 5.91 Å². The molecular formula is C25H27N3O2S. The number of rotatable bonds is 3. The highest BCUT2D eigenvalue weighted by Gasteiger charge is 2.44. The van der Waals surface area contributed by atoms with E-state index in [-0.39, 0.29) is 24.3 Å². The third-order valence-corrected chi connectivity index (χ3v) is 7.44. The van der Waals surface area contributed by atoms with Crippen molar-refractivity contribution in [3.05, 3.63) is 48.0 Å². The van der Waals surface area contributed by atoms with Gasteiger partial charge in [0.2, 0.25) is 5.91 Å². The maximum Gasteiger partial charge on any atom is 0.251 e. The molecule has 3 heterocycles. The molecule has 0 spiro atoms. The third-order valence-electron chi connectivity index (χ3n) is 6.38. The molecule has 5 rings (SSSR count). The lowest BCUT2D eigenvalue weighted by atomic mass is 9.90. The molecule has 0 N–H and O–H groups in total. The number of carbonyl (C=O) groups excluding carboxylic acids is 2. The topological polar surface area (TPSA) is 53.5 Å². The van der Waals surface area contributed by atoms with E-state index in [1.54, 1.807) is 11.3 Å². The van der Waals surface area contributed by atoms with Gasteiger partial charge in [-0.15, -0.1) is 11.3 Å². The maximum absolute atomic E-state index is 13.2. The Hall–Kier alpha value is -2.57. The van der Waals surface area contributed by atoms with E-state index in [1.165, 1.54) is 16.9 Å². The number of fused-ring (bicyclic) bond motifs is 1. The number of likely N-dealkylation sites (tertiary alicyclic amines) is 1. The van der Waals surface area contributed by atoms with Gasteiger partial charge in [0.15, 0.2) is 0 Å². The molecule has 160 valence electrons. The summed E-state index contributed by atoms with van der Waals surface area (Å²) in [5, 5.41) is 0.945. The highest BCUT2D eigenvalue weighted by Crippen LogP contribution is 2.34. The van der Waals surface area contributed by atoms with E-state index in [0.29, 0.717) is 17.5 Å². The number of benzene rings is 2. The minimum absolute atomic E-state index is 0.0884. The zero-order chi connectivity index (χ0) is 21.7. The number of piperidine rings is 1. The van der Waals surface area contributed by atoms with Crippen LogP contribution in [-0.4, -0.2) is 40.8 Å². The first-order valence-corrected chi connectivity index (χ1v) is 11.8. The fourth-order valence-corrected chi connectivity index (χ4v) is 6.12. The number of thiazole rings is 1.